The maximum Gasteiger partial charge on any atom is 0.245 e. The third kappa shape index (κ3) is 3.97. The summed E-state index contributed by atoms with van der Waals surface area (Å²) >= 11 is 1.24. The lowest BCUT2D eigenvalue weighted by molar-refractivity contribution is -0.134. The summed E-state index contributed by atoms with van der Waals surface area (Å²) in [6.07, 6.45) is 3.33. The molecule has 2 amide bonds. The third-order valence-electron chi connectivity index (χ3n) is 3.91. The number of nitrogens with zero attached hydrogens (tertiary/aromatic N) is 2. The Hall–Kier alpha value is -2.28. The molecule has 3 rings (SSSR count). The van der Waals surface area contributed by atoms with Crippen LogP contribution >= 0.6 is 11.3 Å². The molecule has 5 nitrogen and oxygen atoms in total. The van der Waals surface area contributed by atoms with Crippen LogP contribution in [0.4, 0.5) is 9.52 Å². The molecule has 1 fully saturated rings. The van der Waals surface area contributed by atoms with Gasteiger partial charge in [-0.25, -0.2) is 9.37 Å². The van der Waals surface area contributed by atoms with E-state index >= 15 is 0 Å². The largest absolute Gasteiger partial charge is 0.333 e. The first-order valence-corrected chi connectivity index (χ1v) is 8.79. The summed E-state index contributed by atoms with van der Waals surface area (Å²) in [4.78, 5) is 29.9. The summed E-state index contributed by atoms with van der Waals surface area (Å²) in [5, 5.41) is 4.79. The summed E-state index contributed by atoms with van der Waals surface area (Å²) in [5.41, 5.74) is 0.885. The summed E-state index contributed by atoms with van der Waals surface area (Å²) in [6, 6.07) is 6.37. The lowest BCUT2D eigenvalue weighted by atomic mass is 10.2. The van der Waals surface area contributed by atoms with Crippen molar-refractivity contribution >= 4 is 28.3 Å². The van der Waals surface area contributed by atoms with Crippen molar-refractivity contribution in [3.05, 3.63) is 35.5 Å². The minimum Gasteiger partial charge on any atom is -0.333 e. The molecule has 0 spiro atoms. The van der Waals surface area contributed by atoms with Gasteiger partial charge in [0.05, 0.1) is 12.2 Å². The number of thiazole rings is 1. The summed E-state index contributed by atoms with van der Waals surface area (Å²) < 4.78 is 13.8. The molecule has 2 aromatic rings. The highest BCUT2D eigenvalue weighted by molar-refractivity contribution is 7.14. The lowest BCUT2D eigenvalue weighted by Crippen LogP contribution is -2.37. The maximum absolute atomic E-state index is 13.8. The molecule has 0 bridgehead atoms. The third-order valence-corrected chi connectivity index (χ3v) is 4.66. The fourth-order valence-electron chi connectivity index (χ4n) is 2.66. The Labute approximate surface area is 143 Å². The number of carbonyl (C=O) groups excluding carboxylic acids is 2. The Morgan fingerprint density at radius 3 is 2.96 bits per heavy atom. The molecule has 0 unspecified atom stereocenters. The molecule has 126 valence electrons. The van der Waals surface area contributed by atoms with Crippen molar-refractivity contribution in [1.82, 2.24) is 9.88 Å². The van der Waals surface area contributed by atoms with Crippen molar-refractivity contribution in [2.24, 2.45) is 0 Å². The number of carbonyl (C=O) groups is 2. The van der Waals surface area contributed by atoms with Crippen LogP contribution in [0.15, 0.2) is 29.6 Å². The zero-order chi connectivity index (χ0) is 16.9. The minimum absolute atomic E-state index is 0.0221. The number of hydrogen-bond acceptors (Lipinski definition) is 4. The number of rotatable bonds is 4. The van der Waals surface area contributed by atoms with Crippen LogP contribution in [-0.4, -0.2) is 34.8 Å². The first kappa shape index (κ1) is 16.6. The Bertz CT molecular complexity index is 747. The number of hydrogen-bond donors (Lipinski definition) is 1. The summed E-state index contributed by atoms with van der Waals surface area (Å²) in [7, 11) is 0. The molecule has 0 saturated carbocycles. The smallest absolute Gasteiger partial charge is 0.245 e. The van der Waals surface area contributed by atoms with Gasteiger partial charge in [0.25, 0.3) is 0 Å². The van der Waals surface area contributed by atoms with Gasteiger partial charge in [0, 0.05) is 23.9 Å². The van der Waals surface area contributed by atoms with Gasteiger partial charge in [-0.1, -0.05) is 18.6 Å². The molecule has 24 heavy (non-hydrogen) atoms. The van der Waals surface area contributed by atoms with E-state index in [2.05, 4.69) is 10.3 Å². The topological polar surface area (TPSA) is 62.3 Å². The quantitative estimate of drug-likeness (QED) is 0.923. The molecule has 1 aliphatic heterocycles. The zero-order valence-electron chi connectivity index (χ0n) is 13.1. The van der Waals surface area contributed by atoms with Crippen LogP contribution in [0, 0.1) is 5.82 Å². The number of halogens is 1. The molecule has 7 heteroatoms. The van der Waals surface area contributed by atoms with Crippen LogP contribution in [0.3, 0.4) is 0 Å². The Balaban J connectivity index is 1.63. The fraction of sp³-hybridized carbons (Fsp3) is 0.353. The van der Waals surface area contributed by atoms with Gasteiger partial charge in [-0.15, -0.1) is 11.3 Å². The predicted molar refractivity (Wildman–Crippen MR) is 91.2 cm³/mol. The Morgan fingerprint density at radius 1 is 1.29 bits per heavy atom. The van der Waals surface area contributed by atoms with Gasteiger partial charge in [-0.2, -0.15) is 0 Å². The van der Waals surface area contributed by atoms with Crippen LogP contribution in [0.5, 0.6) is 0 Å². The van der Waals surface area contributed by atoms with Crippen molar-refractivity contribution in [2.45, 2.75) is 25.7 Å². The Morgan fingerprint density at radius 2 is 2.12 bits per heavy atom. The molecule has 1 aromatic carbocycles. The average molecular weight is 347 g/mol. The van der Waals surface area contributed by atoms with Crippen molar-refractivity contribution in [1.29, 1.82) is 0 Å². The molecule has 1 N–H and O–H groups in total. The number of nitrogens with one attached hydrogen (secondary N) is 1. The molecule has 1 saturated heterocycles. The summed E-state index contributed by atoms with van der Waals surface area (Å²) in [5.74, 6) is -0.607. The molecule has 0 atom stereocenters. The highest BCUT2D eigenvalue weighted by Crippen LogP contribution is 2.26. The van der Waals surface area contributed by atoms with Crippen molar-refractivity contribution in [3.8, 4) is 11.3 Å². The van der Waals surface area contributed by atoms with Gasteiger partial charge in [0.1, 0.15) is 5.82 Å². The Kier molecular flexibility index (Phi) is 5.20. The van der Waals surface area contributed by atoms with Crippen LogP contribution in [0.2, 0.25) is 0 Å². The summed E-state index contributed by atoms with van der Waals surface area (Å²) in [6.45, 7) is 0.651. The molecular weight excluding hydrogens is 329 g/mol. The van der Waals surface area contributed by atoms with E-state index in [9.17, 15) is 14.0 Å². The second-order valence-electron chi connectivity index (χ2n) is 5.69. The van der Waals surface area contributed by atoms with Crippen molar-refractivity contribution < 1.29 is 14.0 Å². The predicted octanol–water partition coefficient (Wildman–Crippen LogP) is 3.29. The molecule has 1 aliphatic rings. The van der Waals surface area contributed by atoms with Gasteiger partial charge in [-0.3, -0.25) is 9.59 Å². The van der Waals surface area contributed by atoms with Crippen LogP contribution in [0.1, 0.15) is 25.7 Å². The van der Waals surface area contributed by atoms with E-state index in [1.165, 1.54) is 17.4 Å². The van der Waals surface area contributed by atoms with E-state index in [0.29, 0.717) is 29.4 Å². The molecule has 2 heterocycles. The van der Waals surface area contributed by atoms with E-state index in [4.69, 9.17) is 0 Å². The van der Waals surface area contributed by atoms with E-state index in [1.54, 1.807) is 28.5 Å². The van der Waals surface area contributed by atoms with Crippen LogP contribution in [0.25, 0.3) is 11.3 Å². The first-order valence-electron chi connectivity index (χ1n) is 7.91. The number of aromatic nitrogens is 1. The van der Waals surface area contributed by atoms with Crippen molar-refractivity contribution in [3.63, 3.8) is 0 Å². The maximum atomic E-state index is 13.8. The van der Waals surface area contributed by atoms with E-state index in [0.717, 1.165) is 19.3 Å². The number of likely N-dealkylation sites (tertiary alicyclic amines) is 1. The molecule has 0 aliphatic carbocycles. The monoisotopic (exact) mass is 347 g/mol. The average Bonchev–Trinajstić information content (AvgIpc) is 2.92. The fourth-order valence-corrected chi connectivity index (χ4v) is 3.39. The first-order chi connectivity index (χ1) is 11.6. The SMILES string of the molecule is O=C(CN1CCCCCC1=O)Nc1nc(-c2ccccc2F)cs1. The normalized spacial score (nSPS) is 15.2. The van der Waals surface area contributed by atoms with E-state index < -0.39 is 0 Å². The van der Waals surface area contributed by atoms with Crippen molar-refractivity contribution in [2.75, 3.05) is 18.4 Å². The van der Waals surface area contributed by atoms with Gasteiger partial charge in [0.15, 0.2) is 5.13 Å². The van der Waals surface area contributed by atoms with Crippen LogP contribution in [-0.2, 0) is 9.59 Å². The van der Waals surface area contributed by atoms with Crippen LogP contribution < -0.4 is 5.32 Å². The van der Waals surface area contributed by atoms with Gasteiger partial charge >= 0.3 is 0 Å². The zero-order valence-corrected chi connectivity index (χ0v) is 13.9. The van der Waals surface area contributed by atoms with E-state index in [-0.39, 0.29) is 24.2 Å². The number of anilines is 1. The minimum atomic E-state index is -0.351. The molecule has 1 aromatic heterocycles. The standard InChI is InChI=1S/C17H18FN3O2S/c18-13-7-4-3-6-12(13)14-11-24-17(19-14)20-15(22)10-21-9-5-1-2-8-16(21)23/h3-4,6-7,11H,1-2,5,8-10H2,(H,19,20,22). The number of benzene rings is 1. The molecule has 0 radical (unpaired) electrons. The highest BCUT2D eigenvalue weighted by atomic mass is 32.1. The lowest BCUT2D eigenvalue weighted by Gasteiger charge is -2.19. The highest BCUT2D eigenvalue weighted by Gasteiger charge is 2.20. The second kappa shape index (κ2) is 7.53. The molecular formula is C17H18FN3O2S. The second-order valence-corrected chi connectivity index (χ2v) is 6.55. The van der Waals surface area contributed by atoms with Gasteiger partial charge < -0.3 is 10.2 Å². The van der Waals surface area contributed by atoms with Gasteiger partial charge in [0.2, 0.25) is 11.8 Å². The number of amides is 2. The van der Waals surface area contributed by atoms with E-state index in [1.807, 2.05) is 0 Å². The van der Waals surface area contributed by atoms with Gasteiger partial charge in [-0.05, 0) is 25.0 Å².